The molecule has 2 aromatic rings. The fourth-order valence-corrected chi connectivity index (χ4v) is 2.58. The van der Waals surface area contributed by atoms with Gasteiger partial charge in [0, 0.05) is 30.3 Å². The van der Waals surface area contributed by atoms with Crippen molar-refractivity contribution in [3.8, 4) is 11.5 Å². The predicted octanol–water partition coefficient (Wildman–Crippen LogP) is 2.47. The molecule has 2 N–H and O–H groups in total. The van der Waals surface area contributed by atoms with E-state index in [1.54, 1.807) is 14.2 Å². The second-order valence-electron chi connectivity index (χ2n) is 4.99. The first kappa shape index (κ1) is 15.4. The minimum Gasteiger partial charge on any atom is -0.493 e. The zero-order valence-electron chi connectivity index (χ0n) is 13.1. The number of rotatable bonds is 6. The van der Waals surface area contributed by atoms with Crippen LogP contribution in [0.3, 0.4) is 0 Å². The molecule has 1 aromatic carbocycles. The van der Waals surface area contributed by atoms with Crippen LogP contribution < -0.4 is 15.2 Å². The van der Waals surface area contributed by atoms with Gasteiger partial charge in [0.1, 0.15) is 0 Å². The molecule has 0 spiro atoms. The van der Waals surface area contributed by atoms with Crippen molar-refractivity contribution < 1.29 is 9.47 Å². The van der Waals surface area contributed by atoms with E-state index in [9.17, 15) is 0 Å². The lowest BCUT2D eigenvalue weighted by Crippen LogP contribution is -2.17. The Morgan fingerprint density at radius 1 is 1.29 bits per heavy atom. The van der Waals surface area contributed by atoms with Crippen LogP contribution in [0.1, 0.15) is 29.9 Å². The Balaban J connectivity index is 2.30. The lowest BCUT2D eigenvalue weighted by molar-refractivity contribution is 0.349. The third-order valence-corrected chi connectivity index (χ3v) is 3.55. The molecule has 21 heavy (non-hydrogen) atoms. The molecule has 2 rings (SSSR count). The SMILES string of the molecule is CCn1nc(C)cc1CC(N)c1cccc(OC)c1OC. The van der Waals surface area contributed by atoms with E-state index in [4.69, 9.17) is 15.2 Å². The summed E-state index contributed by atoms with van der Waals surface area (Å²) in [4.78, 5) is 0. The summed E-state index contributed by atoms with van der Waals surface area (Å²) in [6, 6.07) is 7.69. The number of nitrogens with two attached hydrogens (primary N) is 1. The normalized spacial score (nSPS) is 12.2. The van der Waals surface area contributed by atoms with Crippen LogP contribution >= 0.6 is 0 Å². The van der Waals surface area contributed by atoms with Crippen molar-refractivity contribution >= 4 is 0 Å². The highest BCUT2D eigenvalue weighted by Crippen LogP contribution is 2.34. The third kappa shape index (κ3) is 3.19. The van der Waals surface area contributed by atoms with Gasteiger partial charge >= 0.3 is 0 Å². The highest BCUT2D eigenvalue weighted by molar-refractivity contribution is 5.48. The van der Waals surface area contributed by atoms with Gasteiger partial charge in [-0.2, -0.15) is 5.10 Å². The van der Waals surface area contributed by atoms with Gasteiger partial charge in [-0.25, -0.2) is 0 Å². The van der Waals surface area contributed by atoms with Crippen LogP contribution in [0.15, 0.2) is 24.3 Å². The molecule has 0 aliphatic carbocycles. The van der Waals surface area contributed by atoms with Gasteiger partial charge in [-0.05, 0) is 26.0 Å². The Bertz CT molecular complexity index is 608. The van der Waals surface area contributed by atoms with Gasteiger partial charge < -0.3 is 15.2 Å². The van der Waals surface area contributed by atoms with Crippen LogP contribution in [-0.2, 0) is 13.0 Å². The molecule has 1 aromatic heterocycles. The van der Waals surface area contributed by atoms with E-state index in [2.05, 4.69) is 18.1 Å². The largest absolute Gasteiger partial charge is 0.493 e. The monoisotopic (exact) mass is 289 g/mol. The van der Waals surface area contributed by atoms with Gasteiger partial charge in [0.25, 0.3) is 0 Å². The number of aryl methyl sites for hydroxylation is 2. The zero-order valence-corrected chi connectivity index (χ0v) is 13.1. The number of hydrogen-bond acceptors (Lipinski definition) is 4. The fourth-order valence-electron chi connectivity index (χ4n) is 2.58. The number of hydrogen-bond donors (Lipinski definition) is 1. The van der Waals surface area contributed by atoms with Gasteiger partial charge in [0.15, 0.2) is 11.5 Å². The van der Waals surface area contributed by atoms with Crippen LogP contribution in [0.5, 0.6) is 11.5 Å². The lowest BCUT2D eigenvalue weighted by atomic mass is 10.0. The molecule has 1 unspecified atom stereocenters. The summed E-state index contributed by atoms with van der Waals surface area (Å²) < 4.78 is 12.8. The third-order valence-electron chi connectivity index (χ3n) is 3.55. The minimum absolute atomic E-state index is 0.170. The van der Waals surface area contributed by atoms with E-state index >= 15 is 0 Å². The molecule has 5 nitrogen and oxygen atoms in total. The molecule has 0 bridgehead atoms. The summed E-state index contributed by atoms with van der Waals surface area (Å²) in [5, 5.41) is 4.46. The van der Waals surface area contributed by atoms with Gasteiger partial charge in [0.2, 0.25) is 0 Å². The number of nitrogens with zero attached hydrogens (tertiary/aromatic N) is 2. The van der Waals surface area contributed by atoms with Gasteiger partial charge in [-0.15, -0.1) is 0 Å². The Hall–Kier alpha value is -2.01. The van der Waals surface area contributed by atoms with E-state index in [1.807, 2.05) is 29.8 Å². The maximum atomic E-state index is 6.38. The summed E-state index contributed by atoms with van der Waals surface area (Å²) >= 11 is 0. The van der Waals surface area contributed by atoms with Crippen LogP contribution in [0.4, 0.5) is 0 Å². The van der Waals surface area contributed by atoms with E-state index in [0.29, 0.717) is 17.9 Å². The highest BCUT2D eigenvalue weighted by atomic mass is 16.5. The quantitative estimate of drug-likeness (QED) is 0.887. The van der Waals surface area contributed by atoms with Crippen molar-refractivity contribution in [3.63, 3.8) is 0 Å². The molecule has 0 saturated carbocycles. The number of benzene rings is 1. The minimum atomic E-state index is -0.170. The molecular formula is C16H23N3O2. The second kappa shape index (κ2) is 6.63. The zero-order chi connectivity index (χ0) is 15.4. The van der Waals surface area contributed by atoms with Crippen LogP contribution in [0.2, 0.25) is 0 Å². The number of para-hydroxylation sites is 1. The highest BCUT2D eigenvalue weighted by Gasteiger charge is 2.18. The van der Waals surface area contributed by atoms with Crippen molar-refractivity contribution in [1.82, 2.24) is 9.78 Å². The topological polar surface area (TPSA) is 62.3 Å². The average Bonchev–Trinajstić information content (AvgIpc) is 2.85. The maximum absolute atomic E-state index is 6.38. The van der Waals surface area contributed by atoms with Crippen LogP contribution in [0, 0.1) is 6.92 Å². The van der Waals surface area contributed by atoms with Crippen molar-refractivity contribution in [2.24, 2.45) is 5.73 Å². The first-order valence-corrected chi connectivity index (χ1v) is 7.10. The number of ether oxygens (including phenoxy) is 2. The predicted molar refractivity (Wildman–Crippen MR) is 82.8 cm³/mol. The van der Waals surface area contributed by atoms with Crippen LogP contribution in [-0.4, -0.2) is 24.0 Å². The van der Waals surface area contributed by atoms with Crippen molar-refractivity contribution in [2.45, 2.75) is 32.9 Å². The molecule has 1 heterocycles. The standard InChI is InChI=1S/C16H23N3O2/c1-5-19-12(9-11(2)18-19)10-14(17)13-7-6-8-15(20-3)16(13)21-4/h6-9,14H,5,10,17H2,1-4H3. The smallest absolute Gasteiger partial charge is 0.165 e. The van der Waals surface area contributed by atoms with Gasteiger partial charge in [0.05, 0.1) is 19.9 Å². The van der Waals surface area contributed by atoms with Crippen molar-refractivity contribution in [3.05, 3.63) is 41.2 Å². The first-order valence-electron chi connectivity index (χ1n) is 7.10. The van der Waals surface area contributed by atoms with E-state index in [1.165, 1.54) is 0 Å². The Kier molecular flexibility index (Phi) is 4.85. The number of methoxy groups -OCH3 is 2. The molecule has 5 heteroatoms. The molecular weight excluding hydrogens is 266 g/mol. The molecule has 0 amide bonds. The maximum Gasteiger partial charge on any atom is 0.165 e. The van der Waals surface area contributed by atoms with Crippen molar-refractivity contribution in [1.29, 1.82) is 0 Å². The lowest BCUT2D eigenvalue weighted by Gasteiger charge is -2.18. The summed E-state index contributed by atoms with van der Waals surface area (Å²) in [6.45, 7) is 4.91. The Labute approximate surface area is 125 Å². The Morgan fingerprint density at radius 2 is 2.05 bits per heavy atom. The second-order valence-corrected chi connectivity index (χ2v) is 4.99. The molecule has 0 aliphatic heterocycles. The van der Waals surface area contributed by atoms with E-state index in [-0.39, 0.29) is 6.04 Å². The first-order chi connectivity index (χ1) is 10.1. The van der Waals surface area contributed by atoms with E-state index < -0.39 is 0 Å². The van der Waals surface area contributed by atoms with Crippen molar-refractivity contribution in [2.75, 3.05) is 14.2 Å². The average molecular weight is 289 g/mol. The number of aromatic nitrogens is 2. The molecule has 0 radical (unpaired) electrons. The molecule has 1 atom stereocenters. The molecule has 114 valence electrons. The molecule has 0 aliphatic rings. The fraction of sp³-hybridized carbons (Fsp3) is 0.438. The van der Waals surface area contributed by atoms with Crippen LogP contribution in [0.25, 0.3) is 0 Å². The van der Waals surface area contributed by atoms with Gasteiger partial charge in [-0.3, -0.25) is 4.68 Å². The Morgan fingerprint density at radius 3 is 2.67 bits per heavy atom. The summed E-state index contributed by atoms with van der Waals surface area (Å²) in [5.74, 6) is 1.40. The summed E-state index contributed by atoms with van der Waals surface area (Å²) in [7, 11) is 3.26. The molecule has 0 fully saturated rings. The molecule has 0 saturated heterocycles. The van der Waals surface area contributed by atoms with E-state index in [0.717, 1.165) is 23.5 Å². The van der Waals surface area contributed by atoms with Gasteiger partial charge in [-0.1, -0.05) is 12.1 Å². The summed E-state index contributed by atoms with van der Waals surface area (Å²) in [6.07, 6.45) is 0.707. The summed E-state index contributed by atoms with van der Waals surface area (Å²) in [5.41, 5.74) is 9.47.